The van der Waals surface area contributed by atoms with Gasteiger partial charge in [-0.05, 0) is 25.3 Å². The maximum absolute atomic E-state index is 12.9. The van der Waals surface area contributed by atoms with Crippen molar-refractivity contribution in [2.75, 3.05) is 7.11 Å². The smallest absolute Gasteiger partial charge is 0.320 e. The van der Waals surface area contributed by atoms with Crippen LogP contribution in [0.1, 0.15) is 41.4 Å². The van der Waals surface area contributed by atoms with E-state index in [1.54, 1.807) is 6.08 Å². The van der Waals surface area contributed by atoms with E-state index in [4.69, 9.17) is 4.74 Å². The van der Waals surface area contributed by atoms with E-state index in [1.807, 2.05) is 24.5 Å². The van der Waals surface area contributed by atoms with E-state index in [0.717, 1.165) is 17.7 Å². The van der Waals surface area contributed by atoms with Crippen LogP contribution in [0, 0.1) is 17.8 Å². The Morgan fingerprint density at radius 2 is 2.13 bits per heavy atom. The largest absolute Gasteiger partial charge is 0.468 e. The maximum atomic E-state index is 12.9. The molecule has 3 aliphatic rings. The van der Waals surface area contributed by atoms with E-state index in [-0.39, 0.29) is 23.5 Å². The molecule has 1 saturated carbocycles. The average Bonchev–Trinajstić information content (AvgIpc) is 3.50. The number of aliphatic imine (C=N–C) groups is 1. The van der Waals surface area contributed by atoms with Crippen molar-refractivity contribution in [2.45, 2.75) is 26.2 Å². The number of carbonyl (C=O) groups excluding carboxylic acids is 3. The normalized spacial score (nSPS) is 24.6. The van der Waals surface area contributed by atoms with Crippen molar-refractivity contribution in [3.8, 4) is 0 Å². The number of nitrogens with zero attached hydrogens (tertiary/aromatic N) is 1. The number of allylic oxidation sites excluding steroid dienone is 2. The SMILES string of the molecule is C=C1NC(NC(=O)C2CC2)=CC(=Nc2csc3c2C(=O)C(C)CC=C3)C1C(=O)OC. The van der Waals surface area contributed by atoms with Gasteiger partial charge >= 0.3 is 5.97 Å². The van der Waals surface area contributed by atoms with Gasteiger partial charge in [0.2, 0.25) is 5.91 Å². The molecule has 1 aromatic rings. The van der Waals surface area contributed by atoms with Crippen molar-refractivity contribution in [3.63, 3.8) is 0 Å². The highest BCUT2D eigenvalue weighted by molar-refractivity contribution is 7.11. The Kier molecular flexibility index (Phi) is 5.42. The minimum absolute atomic E-state index is 0.0261. The maximum Gasteiger partial charge on any atom is 0.320 e. The first kappa shape index (κ1) is 20.3. The molecule has 8 heteroatoms. The van der Waals surface area contributed by atoms with Gasteiger partial charge in [0.25, 0.3) is 0 Å². The predicted octanol–water partition coefficient (Wildman–Crippen LogP) is 3.33. The summed E-state index contributed by atoms with van der Waals surface area (Å²) < 4.78 is 4.93. The van der Waals surface area contributed by atoms with Crippen LogP contribution < -0.4 is 10.6 Å². The summed E-state index contributed by atoms with van der Waals surface area (Å²) in [5.74, 6) is -1.11. The van der Waals surface area contributed by atoms with E-state index in [0.29, 0.717) is 34.9 Å². The molecule has 1 fully saturated rings. The number of fused-ring (bicyclic) bond motifs is 1. The van der Waals surface area contributed by atoms with Crippen LogP contribution in [0.25, 0.3) is 6.08 Å². The van der Waals surface area contributed by atoms with Crippen LogP contribution >= 0.6 is 11.3 Å². The molecule has 1 aromatic heterocycles. The van der Waals surface area contributed by atoms with Crippen molar-refractivity contribution in [2.24, 2.45) is 22.7 Å². The fourth-order valence-corrected chi connectivity index (χ4v) is 4.41. The molecule has 7 nitrogen and oxygen atoms in total. The molecule has 2 atom stereocenters. The van der Waals surface area contributed by atoms with Crippen LogP contribution in [0.15, 0.2) is 40.6 Å². The third-order valence-corrected chi connectivity index (χ3v) is 6.31. The van der Waals surface area contributed by atoms with Crippen LogP contribution in [0.5, 0.6) is 0 Å². The number of amides is 1. The Balaban J connectivity index is 1.75. The number of ketones is 1. The van der Waals surface area contributed by atoms with Gasteiger partial charge in [-0.15, -0.1) is 11.3 Å². The van der Waals surface area contributed by atoms with Gasteiger partial charge in [-0.1, -0.05) is 19.6 Å². The number of carbonyl (C=O) groups is 3. The van der Waals surface area contributed by atoms with Crippen molar-refractivity contribution in [3.05, 3.63) is 46.1 Å². The van der Waals surface area contributed by atoms with Crippen LogP contribution in [-0.2, 0) is 14.3 Å². The summed E-state index contributed by atoms with van der Waals surface area (Å²) in [6, 6.07) is 0. The molecule has 2 unspecified atom stereocenters. The summed E-state index contributed by atoms with van der Waals surface area (Å²) in [4.78, 5) is 43.0. The van der Waals surface area contributed by atoms with E-state index in [2.05, 4.69) is 22.2 Å². The number of thiophene rings is 1. The number of rotatable bonds is 4. The van der Waals surface area contributed by atoms with Crippen LogP contribution in [0.3, 0.4) is 0 Å². The molecule has 1 aliphatic heterocycles. The quantitative estimate of drug-likeness (QED) is 0.722. The lowest BCUT2D eigenvalue weighted by Gasteiger charge is -2.26. The van der Waals surface area contributed by atoms with E-state index in [9.17, 15) is 14.4 Å². The van der Waals surface area contributed by atoms with E-state index < -0.39 is 11.9 Å². The summed E-state index contributed by atoms with van der Waals surface area (Å²) >= 11 is 1.44. The zero-order chi connectivity index (χ0) is 21.4. The predicted molar refractivity (Wildman–Crippen MR) is 115 cm³/mol. The second-order valence-electron chi connectivity index (χ2n) is 7.73. The van der Waals surface area contributed by atoms with Gasteiger partial charge in [0, 0.05) is 33.9 Å². The first-order chi connectivity index (χ1) is 14.4. The van der Waals surface area contributed by atoms with E-state index in [1.165, 1.54) is 18.4 Å². The van der Waals surface area contributed by atoms with E-state index >= 15 is 0 Å². The number of nitrogens with one attached hydrogen (secondary N) is 2. The molecule has 0 bridgehead atoms. The molecule has 156 valence electrons. The monoisotopic (exact) mass is 425 g/mol. The fraction of sp³-hybridized carbons (Fsp3) is 0.364. The molecule has 0 radical (unpaired) electrons. The molecule has 4 rings (SSSR count). The Morgan fingerprint density at radius 1 is 1.37 bits per heavy atom. The molecule has 30 heavy (non-hydrogen) atoms. The van der Waals surface area contributed by atoms with Crippen LogP contribution in [0.4, 0.5) is 5.69 Å². The number of ether oxygens (including phenoxy) is 1. The lowest BCUT2D eigenvalue weighted by atomic mass is 9.95. The number of methoxy groups -OCH3 is 1. The lowest BCUT2D eigenvalue weighted by Crippen LogP contribution is -2.42. The zero-order valence-corrected chi connectivity index (χ0v) is 17.7. The van der Waals surface area contributed by atoms with Crippen molar-refractivity contribution in [1.82, 2.24) is 10.6 Å². The third-order valence-electron chi connectivity index (χ3n) is 5.38. The lowest BCUT2D eigenvalue weighted by molar-refractivity contribution is -0.142. The van der Waals surface area contributed by atoms with Crippen LogP contribution in [0.2, 0.25) is 0 Å². The summed E-state index contributed by atoms with van der Waals surface area (Å²) in [6.45, 7) is 5.83. The first-order valence-electron chi connectivity index (χ1n) is 9.86. The van der Waals surface area contributed by atoms with Gasteiger partial charge in [0.15, 0.2) is 5.78 Å². The van der Waals surface area contributed by atoms with Gasteiger partial charge < -0.3 is 15.4 Å². The number of esters is 1. The highest BCUT2D eigenvalue weighted by atomic mass is 32.1. The van der Waals surface area contributed by atoms with Gasteiger partial charge in [0.1, 0.15) is 11.7 Å². The standard InChI is InChI=1S/C22H23N3O4S/c1-11-5-4-6-16-19(20(11)26)15(10-30-16)24-14-9-17(25-21(27)13-7-8-13)23-12(2)18(14)22(28)29-3/h4,6,9-11,13,18,23H,2,5,7-8H2,1,3H3,(H,25,27). The first-order valence-corrected chi connectivity index (χ1v) is 10.7. The number of Topliss-reactive ketones (excluding diaryl/α,β-unsaturated/α-hetero) is 1. The molecule has 0 spiro atoms. The Bertz CT molecular complexity index is 1030. The summed E-state index contributed by atoms with van der Waals surface area (Å²) in [6.07, 6.45) is 7.99. The Hall–Kier alpha value is -3.00. The fourth-order valence-electron chi connectivity index (χ4n) is 3.50. The third kappa shape index (κ3) is 3.87. The van der Waals surface area contributed by atoms with Gasteiger partial charge in [0.05, 0.1) is 24.1 Å². The molecule has 0 aromatic carbocycles. The average molecular weight is 426 g/mol. The molecule has 2 aliphatic carbocycles. The number of hydrogen-bond donors (Lipinski definition) is 2. The van der Waals surface area contributed by atoms with Crippen molar-refractivity contribution < 1.29 is 19.1 Å². The summed E-state index contributed by atoms with van der Waals surface area (Å²) in [5, 5.41) is 7.61. The summed E-state index contributed by atoms with van der Waals surface area (Å²) in [7, 11) is 1.30. The second-order valence-corrected chi connectivity index (χ2v) is 8.64. The minimum Gasteiger partial charge on any atom is -0.468 e. The molecule has 1 amide bonds. The van der Waals surface area contributed by atoms with Gasteiger partial charge in [-0.2, -0.15) is 0 Å². The minimum atomic E-state index is -0.846. The topological polar surface area (TPSA) is 96.9 Å². The molecule has 2 N–H and O–H groups in total. The summed E-state index contributed by atoms with van der Waals surface area (Å²) in [5.41, 5.74) is 1.81. The highest BCUT2D eigenvalue weighted by Gasteiger charge is 2.35. The molecular formula is C22H23N3O4S. The van der Waals surface area contributed by atoms with Gasteiger partial charge in [-0.3, -0.25) is 19.4 Å². The second kappa shape index (κ2) is 8.02. The Labute approximate surface area is 178 Å². The zero-order valence-electron chi connectivity index (χ0n) is 16.9. The highest BCUT2D eigenvalue weighted by Crippen LogP contribution is 2.37. The molecule has 0 saturated heterocycles. The van der Waals surface area contributed by atoms with Gasteiger partial charge in [-0.25, -0.2) is 0 Å². The number of hydrogen-bond acceptors (Lipinski definition) is 7. The molecular weight excluding hydrogens is 402 g/mol. The van der Waals surface area contributed by atoms with Crippen molar-refractivity contribution >= 4 is 46.5 Å². The van der Waals surface area contributed by atoms with Crippen LogP contribution in [-0.4, -0.2) is 30.5 Å². The van der Waals surface area contributed by atoms with Crippen molar-refractivity contribution in [1.29, 1.82) is 0 Å². The molecule has 2 heterocycles. The Morgan fingerprint density at radius 3 is 2.83 bits per heavy atom.